The Morgan fingerprint density at radius 2 is 2.06 bits per heavy atom. The molecule has 0 aromatic carbocycles. The zero-order valence-electron chi connectivity index (χ0n) is 11.4. The van der Waals surface area contributed by atoms with E-state index in [-0.39, 0.29) is 11.7 Å². The molecule has 0 amide bonds. The zero-order chi connectivity index (χ0) is 14.1. The summed E-state index contributed by atoms with van der Waals surface area (Å²) >= 11 is 0. The van der Waals surface area contributed by atoms with Crippen LogP contribution < -0.4 is 0 Å². The van der Waals surface area contributed by atoms with E-state index in [4.69, 9.17) is 9.47 Å². The molecule has 0 unspecified atom stereocenters. The van der Waals surface area contributed by atoms with E-state index in [1.165, 1.54) is 27.0 Å². The molecule has 3 atom stereocenters. The van der Waals surface area contributed by atoms with E-state index in [9.17, 15) is 14.7 Å². The summed E-state index contributed by atoms with van der Waals surface area (Å²) in [7, 11) is 1.37. The number of aliphatic hydroxyl groups is 1. The minimum absolute atomic E-state index is 0.161. The van der Waals surface area contributed by atoms with Gasteiger partial charge in [0.2, 0.25) is 11.4 Å². The van der Waals surface area contributed by atoms with E-state index < -0.39 is 23.0 Å². The van der Waals surface area contributed by atoms with Crippen LogP contribution >= 0.6 is 0 Å². The monoisotopic (exact) mass is 256 g/mol. The topological polar surface area (TPSA) is 72.8 Å². The normalized spacial score (nSPS) is 33.0. The molecule has 0 spiro atoms. The van der Waals surface area contributed by atoms with Crippen LogP contribution in [0.3, 0.4) is 0 Å². The van der Waals surface area contributed by atoms with Gasteiger partial charge >= 0.3 is 5.97 Å². The van der Waals surface area contributed by atoms with Gasteiger partial charge in [-0.05, 0) is 26.3 Å². The third-order valence-corrected chi connectivity index (χ3v) is 3.31. The number of methoxy groups -OCH3 is 1. The lowest BCUT2D eigenvalue weighted by Gasteiger charge is -2.28. The predicted molar refractivity (Wildman–Crippen MR) is 64.7 cm³/mol. The molecule has 0 saturated carbocycles. The molecule has 1 aliphatic rings. The molecule has 0 aliphatic heterocycles. The first-order valence-corrected chi connectivity index (χ1v) is 5.96. The van der Waals surface area contributed by atoms with Crippen molar-refractivity contribution >= 4 is 11.8 Å². The Labute approximate surface area is 107 Å². The number of rotatable bonds is 4. The lowest BCUT2D eigenvalue weighted by atomic mass is 9.95. The van der Waals surface area contributed by atoms with Gasteiger partial charge in [-0.1, -0.05) is 13.8 Å². The zero-order valence-corrected chi connectivity index (χ0v) is 11.4. The number of esters is 1. The lowest BCUT2D eigenvalue weighted by molar-refractivity contribution is -0.171. The Hall–Kier alpha value is -1.36. The van der Waals surface area contributed by atoms with Gasteiger partial charge in [0.05, 0.1) is 13.0 Å². The first-order valence-electron chi connectivity index (χ1n) is 5.96. The van der Waals surface area contributed by atoms with E-state index >= 15 is 0 Å². The fourth-order valence-electron chi connectivity index (χ4n) is 1.87. The van der Waals surface area contributed by atoms with E-state index in [0.717, 1.165) is 0 Å². The van der Waals surface area contributed by atoms with E-state index in [0.29, 0.717) is 6.42 Å². The minimum Gasteiger partial charge on any atom is -0.497 e. The highest BCUT2D eigenvalue weighted by Crippen LogP contribution is 2.37. The summed E-state index contributed by atoms with van der Waals surface area (Å²) in [4.78, 5) is 23.9. The smallest absolute Gasteiger partial charge is 0.310 e. The van der Waals surface area contributed by atoms with Crippen molar-refractivity contribution in [1.29, 1.82) is 0 Å². The Balaban J connectivity index is 3.02. The summed E-state index contributed by atoms with van der Waals surface area (Å²) in [6.45, 7) is 6.36. The first kappa shape index (κ1) is 14.7. The Morgan fingerprint density at radius 1 is 1.50 bits per heavy atom. The van der Waals surface area contributed by atoms with E-state index in [2.05, 4.69) is 0 Å². The van der Waals surface area contributed by atoms with Crippen LogP contribution in [0.2, 0.25) is 0 Å². The van der Waals surface area contributed by atoms with Crippen molar-refractivity contribution in [2.75, 3.05) is 7.11 Å². The number of carbonyl (C=O) groups excluding carboxylic acids is 2. The van der Waals surface area contributed by atoms with Crippen LogP contribution in [0.25, 0.3) is 0 Å². The maximum Gasteiger partial charge on any atom is 0.310 e. The summed E-state index contributed by atoms with van der Waals surface area (Å²) in [5.41, 5.74) is -3.21. The van der Waals surface area contributed by atoms with Gasteiger partial charge in [-0.15, -0.1) is 0 Å². The summed E-state index contributed by atoms with van der Waals surface area (Å²) in [6, 6.07) is 0. The number of hydrogen-bond acceptors (Lipinski definition) is 5. The molecular weight excluding hydrogens is 236 g/mol. The second kappa shape index (κ2) is 4.72. The molecule has 0 fully saturated rings. The van der Waals surface area contributed by atoms with Crippen LogP contribution in [-0.4, -0.2) is 35.2 Å². The van der Waals surface area contributed by atoms with Crippen molar-refractivity contribution in [3.63, 3.8) is 0 Å². The van der Waals surface area contributed by atoms with Crippen LogP contribution in [0, 0.1) is 5.92 Å². The Bertz CT molecular complexity index is 396. The summed E-state index contributed by atoms with van der Waals surface area (Å²) in [5, 5.41) is 9.91. The van der Waals surface area contributed by atoms with Gasteiger partial charge in [0.15, 0.2) is 0 Å². The van der Waals surface area contributed by atoms with Crippen molar-refractivity contribution in [2.45, 2.75) is 45.3 Å². The number of hydrogen-bond donors (Lipinski definition) is 1. The number of ether oxygens (including phenoxy) is 2. The molecule has 18 heavy (non-hydrogen) atoms. The predicted octanol–water partition coefficient (Wildman–Crippen LogP) is 1.20. The van der Waals surface area contributed by atoms with E-state index in [1.54, 1.807) is 6.92 Å². The average molecular weight is 256 g/mol. The van der Waals surface area contributed by atoms with Crippen LogP contribution in [0.4, 0.5) is 0 Å². The number of carbonyl (C=O) groups is 2. The number of Topliss-reactive ketones (excluding diaryl/α,β-unsaturated/α-hetero) is 1. The molecule has 102 valence electrons. The summed E-state index contributed by atoms with van der Waals surface area (Å²) in [5.74, 6) is -1.22. The Morgan fingerprint density at radius 3 is 2.50 bits per heavy atom. The van der Waals surface area contributed by atoms with Crippen LogP contribution in [0.5, 0.6) is 0 Å². The maximum absolute atomic E-state index is 12.1. The molecule has 1 rings (SSSR count). The SMILES string of the molecule is CC[C@H](C)C(=O)O[C@@]1(C)C(=O)[C@](C)(O)C=C1OC. The van der Waals surface area contributed by atoms with Gasteiger partial charge in [-0.25, -0.2) is 0 Å². The van der Waals surface area contributed by atoms with Gasteiger partial charge in [-0.3, -0.25) is 9.59 Å². The van der Waals surface area contributed by atoms with Crippen molar-refractivity contribution < 1.29 is 24.2 Å². The summed E-state index contributed by atoms with van der Waals surface area (Å²) in [6.07, 6.45) is 1.89. The molecule has 0 aromatic rings. The van der Waals surface area contributed by atoms with Crippen molar-refractivity contribution in [2.24, 2.45) is 5.92 Å². The fourth-order valence-corrected chi connectivity index (χ4v) is 1.87. The van der Waals surface area contributed by atoms with Crippen LogP contribution in [0.1, 0.15) is 34.1 Å². The fraction of sp³-hybridized carbons (Fsp3) is 0.692. The third kappa shape index (κ3) is 2.27. The Kier molecular flexibility index (Phi) is 3.86. The summed E-state index contributed by atoms with van der Waals surface area (Å²) < 4.78 is 10.3. The highest BCUT2D eigenvalue weighted by Gasteiger charge is 2.56. The molecule has 0 heterocycles. The molecule has 1 aliphatic carbocycles. The van der Waals surface area contributed by atoms with Crippen molar-refractivity contribution in [3.8, 4) is 0 Å². The van der Waals surface area contributed by atoms with Crippen LogP contribution in [0.15, 0.2) is 11.8 Å². The van der Waals surface area contributed by atoms with Gasteiger partial charge in [0.1, 0.15) is 11.4 Å². The third-order valence-electron chi connectivity index (χ3n) is 3.31. The maximum atomic E-state index is 12.1. The molecule has 5 nitrogen and oxygen atoms in total. The van der Waals surface area contributed by atoms with Gasteiger partial charge in [-0.2, -0.15) is 0 Å². The minimum atomic E-state index is -1.67. The standard InChI is InChI=1S/C13H20O5/c1-6-8(2)10(14)18-13(4)9(17-5)7-12(3,16)11(13)15/h7-8,16H,6H2,1-5H3/t8-,12+,13+/m0/s1. The largest absolute Gasteiger partial charge is 0.497 e. The van der Waals surface area contributed by atoms with Gasteiger partial charge < -0.3 is 14.6 Å². The molecule has 1 N–H and O–H groups in total. The van der Waals surface area contributed by atoms with Crippen molar-refractivity contribution in [1.82, 2.24) is 0 Å². The highest BCUT2D eigenvalue weighted by atomic mass is 16.6. The van der Waals surface area contributed by atoms with Gasteiger partial charge in [0, 0.05) is 0 Å². The van der Waals surface area contributed by atoms with Crippen LogP contribution in [-0.2, 0) is 19.1 Å². The molecule has 0 aromatic heterocycles. The molecule has 0 radical (unpaired) electrons. The number of ketones is 1. The second-order valence-corrected chi connectivity index (χ2v) is 4.95. The van der Waals surface area contributed by atoms with Crippen molar-refractivity contribution in [3.05, 3.63) is 11.8 Å². The molecule has 5 heteroatoms. The molecule has 0 bridgehead atoms. The van der Waals surface area contributed by atoms with Gasteiger partial charge in [0.25, 0.3) is 0 Å². The average Bonchev–Trinajstić information content (AvgIpc) is 2.48. The second-order valence-electron chi connectivity index (χ2n) is 4.95. The highest BCUT2D eigenvalue weighted by molar-refractivity contribution is 6.02. The first-order chi connectivity index (χ1) is 8.19. The quantitative estimate of drug-likeness (QED) is 0.765. The van der Waals surface area contributed by atoms with E-state index in [1.807, 2.05) is 6.92 Å². The molecule has 0 saturated heterocycles. The molecular formula is C13H20O5. The lowest BCUT2D eigenvalue weighted by Crippen LogP contribution is -2.47.